The molecule has 1 N–H and O–H groups in total. The maximum absolute atomic E-state index is 12.5. The summed E-state index contributed by atoms with van der Waals surface area (Å²) in [4.78, 5) is 25.8. The van der Waals surface area contributed by atoms with Crippen LogP contribution in [0.4, 0.5) is 5.00 Å². The summed E-state index contributed by atoms with van der Waals surface area (Å²) in [5.74, 6) is -1.10. The molecule has 0 atom stereocenters. The molecular formula is C21H15ClN4O3S2. The van der Waals surface area contributed by atoms with E-state index in [2.05, 4.69) is 10.4 Å². The van der Waals surface area contributed by atoms with E-state index in [4.69, 9.17) is 21.6 Å². The van der Waals surface area contributed by atoms with Gasteiger partial charge in [-0.25, -0.2) is 4.79 Å². The number of rotatable bonds is 6. The first-order valence-corrected chi connectivity index (χ1v) is 11.2. The van der Waals surface area contributed by atoms with Crippen LogP contribution in [0.1, 0.15) is 26.5 Å². The van der Waals surface area contributed by atoms with E-state index < -0.39 is 18.5 Å². The lowest BCUT2D eigenvalue weighted by atomic mass is 10.2. The molecule has 0 bridgehead atoms. The summed E-state index contributed by atoms with van der Waals surface area (Å²) in [5.41, 5.74) is 2.08. The molecule has 1 aromatic carbocycles. The lowest BCUT2D eigenvalue weighted by molar-refractivity contribution is -0.119. The Morgan fingerprint density at radius 3 is 2.90 bits per heavy atom. The van der Waals surface area contributed by atoms with Crippen LogP contribution in [0.5, 0.6) is 0 Å². The van der Waals surface area contributed by atoms with Gasteiger partial charge in [0, 0.05) is 10.4 Å². The Morgan fingerprint density at radius 1 is 1.32 bits per heavy atom. The van der Waals surface area contributed by atoms with Crippen LogP contribution in [-0.2, 0) is 16.1 Å². The van der Waals surface area contributed by atoms with Gasteiger partial charge < -0.3 is 10.1 Å². The van der Waals surface area contributed by atoms with E-state index in [1.165, 1.54) is 22.7 Å². The molecule has 0 unspecified atom stereocenters. The second-order valence-electron chi connectivity index (χ2n) is 6.56. The number of hydrogen-bond acceptors (Lipinski definition) is 7. The van der Waals surface area contributed by atoms with Crippen molar-refractivity contribution in [2.75, 3.05) is 11.9 Å². The SMILES string of the molecule is Cc1nn(Cc2ccccc2Cl)c2sc(C(=O)OCC(=O)Nc3sccc3C#N)cc12. The number of fused-ring (bicyclic) bond motifs is 1. The molecule has 1 amide bonds. The summed E-state index contributed by atoms with van der Waals surface area (Å²) in [5, 5.41) is 19.8. The number of thiophene rings is 2. The fraction of sp³-hybridized carbons (Fsp3) is 0.143. The summed E-state index contributed by atoms with van der Waals surface area (Å²) in [6.07, 6.45) is 0. The zero-order valence-electron chi connectivity index (χ0n) is 16.2. The van der Waals surface area contributed by atoms with Crippen LogP contribution in [0, 0.1) is 18.3 Å². The van der Waals surface area contributed by atoms with Gasteiger partial charge in [-0.15, -0.1) is 22.7 Å². The van der Waals surface area contributed by atoms with Crippen LogP contribution < -0.4 is 5.32 Å². The highest BCUT2D eigenvalue weighted by atomic mass is 35.5. The van der Waals surface area contributed by atoms with E-state index in [-0.39, 0.29) is 0 Å². The third-order valence-electron chi connectivity index (χ3n) is 4.46. The normalized spacial score (nSPS) is 10.7. The quantitative estimate of drug-likeness (QED) is 0.407. The zero-order valence-corrected chi connectivity index (χ0v) is 18.6. The summed E-state index contributed by atoms with van der Waals surface area (Å²) < 4.78 is 6.96. The van der Waals surface area contributed by atoms with Crippen LogP contribution >= 0.6 is 34.3 Å². The zero-order chi connectivity index (χ0) is 22.0. The third kappa shape index (κ3) is 4.46. The van der Waals surface area contributed by atoms with Gasteiger partial charge in [0.15, 0.2) is 6.61 Å². The molecule has 3 heterocycles. The second-order valence-corrected chi connectivity index (χ2v) is 8.92. The van der Waals surface area contributed by atoms with Crippen LogP contribution in [0.25, 0.3) is 10.2 Å². The van der Waals surface area contributed by atoms with Crippen LogP contribution in [-0.4, -0.2) is 28.3 Å². The van der Waals surface area contributed by atoms with Gasteiger partial charge in [0.05, 0.1) is 17.8 Å². The standard InChI is InChI=1S/C21H15ClN4O3S2/c1-12-15-8-17(21(28)29-11-18(27)24-19-13(9-23)6-7-30-19)31-20(15)26(25-12)10-14-4-2-3-5-16(14)22/h2-8H,10-11H2,1H3,(H,24,27). The van der Waals surface area contributed by atoms with E-state index in [1.54, 1.807) is 22.2 Å². The van der Waals surface area contributed by atoms with Gasteiger partial charge in [-0.2, -0.15) is 10.4 Å². The number of carbonyl (C=O) groups is 2. The van der Waals surface area contributed by atoms with Gasteiger partial charge in [-0.1, -0.05) is 29.8 Å². The number of halogens is 1. The average Bonchev–Trinajstić information content (AvgIpc) is 3.45. The molecule has 31 heavy (non-hydrogen) atoms. The highest BCUT2D eigenvalue weighted by Gasteiger charge is 2.19. The Morgan fingerprint density at radius 2 is 2.13 bits per heavy atom. The summed E-state index contributed by atoms with van der Waals surface area (Å²) in [6.45, 7) is 1.90. The molecule has 7 nitrogen and oxygen atoms in total. The van der Waals surface area contributed by atoms with Crippen molar-refractivity contribution < 1.29 is 14.3 Å². The number of aryl methyl sites for hydroxylation is 1. The molecule has 4 rings (SSSR count). The summed E-state index contributed by atoms with van der Waals surface area (Å²) in [6, 6.07) is 12.8. The highest BCUT2D eigenvalue weighted by Crippen LogP contribution is 2.30. The highest BCUT2D eigenvalue weighted by molar-refractivity contribution is 7.20. The Bertz CT molecular complexity index is 1330. The Labute approximate surface area is 190 Å². The smallest absolute Gasteiger partial charge is 0.348 e. The first-order valence-electron chi connectivity index (χ1n) is 9.11. The number of carbonyl (C=O) groups excluding carboxylic acids is 2. The van der Waals surface area contributed by atoms with E-state index in [1.807, 2.05) is 37.3 Å². The molecule has 0 aliphatic carbocycles. The van der Waals surface area contributed by atoms with Gasteiger partial charge in [-0.3, -0.25) is 9.48 Å². The van der Waals surface area contributed by atoms with Crippen molar-refractivity contribution in [3.8, 4) is 6.07 Å². The Kier molecular flexibility index (Phi) is 6.04. The lowest BCUT2D eigenvalue weighted by Gasteiger charge is -2.05. The topological polar surface area (TPSA) is 97.0 Å². The predicted molar refractivity (Wildman–Crippen MR) is 121 cm³/mol. The maximum atomic E-state index is 12.5. The van der Waals surface area contributed by atoms with Gasteiger partial charge in [0.1, 0.15) is 20.8 Å². The number of anilines is 1. The number of ether oxygens (including phenoxy) is 1. The summed E-state index contributed by atoms with van der Waals surface area (Å²) in [7, 11) is 0. The van der Waals surface area contributed by atoms with Crippen LogP contribution in [0.3, 0.4) is 0 Å². The largest absolute Gasteiger partial charge is 0.451 e. The monoisotopic (exact) mass is 470 g/mol. The fourth-order valence-corrected chi connectivity index (χ4v) is 4.97. The number of hydrogen-bond donors (Lipinski definition) is 1. The van der Waals surface area contributed by atoms with Gasteiger partial charge in [0.2, 0.25) is 0 Å². The maximum Gasteiger partial charge on any atom is 0.348 e. The molecule has 0 fully saturated rings. The molecule has 0 radical (unpaired) electrons. The molecule has 10 heteroatoms. The number of aromatic nitrogens is 2. The number of nitrogens with one attached hydrogen (secondary N) is 1. The Balaban J connectivity index is 1.46. The average molecular weight is 471 g/mol. The number of amides is 1. The molecule has 0 saturated heterocycles. The molecule has 0 saturated carbocycles. The van der Waals surface area contributed by atoms with Crippen molar-refractivity contribution in [2.45, 2.75) is 13.5 Å². The van der Waals surface area contributed by atoms with Gasteiger partial charge >= 0.3 is 5.97 Å². The summed E-state index contributed by atoms with van der Waals surface area (Å²) >= 11 is 8.74. The fourth-order valence-electron chi connectivity index (χ4n) is 2.97. The number of nitrogens with zero attached hydrogens (tertiary/aromatic N) is 3. The molecular weight excluding hydrogens is 456 g/mol. The van der Waals surface area contributed by atoms with E-state index in [0.29, 0.717) is 27.0 Å². The molecule has 0 aliphatic heterocycles. The van der Waals surface area contributed by atoms with Crippen molar-refractivity contribution in [3.63, 3.8) is 0 Å². The minimum Gasteiger partial charge on any atom is -0.451 e. The molecule has 0 spiro atoms. The molecule has 4 aromatic rings. The molecule has 156 valence electrons. The Hall–Kier alpha value is -3.19. The van der Waals surface area contributed by atoms with Crippen molar-refractivity contribution >= 4 is 61.4 Å². The predicted octanol–water partition coefficient (Wildman–Crippen LogP) is 4.84. The number of nitriles is 1. The van der Waals surface area contributed by atoms with E-state index >= 15 is 0 Å². The first kappa shape index (κ1) is 21.1. The minimum atomic E-state index is -0.591. The van der Waals surface area contributed by atoms with E-state index in [9.17, 15) is 9.59 Å². The lowest BCUT2D eigenvalue weighted by Crippen LogP contribution is -2.20. The second kappa shape index (κ2) is 8.89. The van der Waals surface area contributed by atoms with Gasteiger partial charge in [-0.05, 0) is 36.1 Å². The first-order chi connectivity index (χ1) is 15.0. The van der Waals surface area contributed by atoms with Crippen molar-refractivity contribution in [1.82, 2.24) is 9.78 Å². The van der Waals surface area contributed by atoms with Crippen molar-refractivity contribution in [3.05, 3.63) is 68.5 Å². The molecule has 0 aliphatic rings. The number of benzene rings is 1. The van der Waals surface area contributed by atoms with Crippen LogP contribution in [0.2, 0.25) is 5.02 Å². The molecule has 3 aromatic heterocycles. The van der Waals surface area contributed by atoms with E-state index in [0.717, 1.165) is 21.5 Å². The third-order valence-corrected chi connectivity index (χ3v) is 6.79. The van der Waals surface area contributed by atoms with Crippen LogP contribution in [0.15, 0.2) is 41.8 Å². The van der Waals surface area contributed by atoms with Crippen molar-refractivity contribution in [2.24, 2.45) is 0 Å². The minimum absolute atomic E-state index is 0.368. The van der Waals surface area contributed by atoms with Crippen molar-refractivity contribution in [1.29, 1.82) is 5.26 Å². The van der Waals surface area contributed by atoms with Gasteiger partial charge in [0.25, 0.3) is 5.91 Å². The number of esters is 1.